The van der Waals surface area contributed by atoms with Crippen molar-refractivity contribution in [2.24, 2.45) is 0 Å². The monoisotopic (exact) mass is 302 g/mol. The highest BCUT2D eigenvalue weighted by Gasteiger charge is 2.31. The van der Waals surface area contributed by atoms with Crippen LogP contribution in [0.15, 0.2) is 36.4 Å². The van der Waals surface area contributed by atoms with Gasteiger partial charge in [-0.05, 0) is 23.8 Å². The molecule has 0 bridgehead atoms. The fourth-order valence-corrected chi connectivity index (χ4v) is 2.64. The molecule has 4 nitrogen and oxygen atoms in total. The van der Waals surface area contributed by atoms with Crippen LogP contribution in [-0.4, -0.2) is 20.2 Å². The predicted octanol–water partition coefficient (Wildman–Crippen LogP) is 3.03. The van der Waals surface area contributed by atoms with Crippen molar-refractivity contribution in [3.05, 3.63) is 58.9 Å². The van der Waals surface area contributed by atoms with Crippen LogP contribution < -0.4 is 9.47 Å². The van der Waals surface area contributed by atoms with E-state index in [1.807, 2.05) is 0 Å². The van der Waals surface area contributed by atoms with E-state index in [2.05, 4.69) is 0 Å². The van der Waals surface area contributed by atoms with Crippen molar-refractivity contribution >= 4 is 5.97 Å². The SMILES string of the molecule is COc1cc2c(cc1OC)[C@H](c1ccccc1F)OC(=O)C2. The molecule has 0 unspecified atom stereocenters. The summed E-state index contributed by atoms with van der Waals surface area (Å²) in [6, 6.07) is 9.73. The highest BCUT2D eigenvalue weighted by atomic mass is 19.1. The van der Waals surface area contributed by atoms with Gasteiger partial charge in [0.25, 0.3) is 0 Å². The quantitative estimate of drug-likeness (QED) is 0.818. The zero-order valence-electron chi connectivity index (χ0n) is 12.3. The average molecular weight is 302 g/mol. The topological polar surface area (TPSA) is 44.8 Å². The number of hydrogen-bond donors (Lipinski definition) is 0. The van der Waals surface area contributed by atoms with Gasteiger partial charge in [-0.2, -0.15) is 0 Å². The van der Waals surface area contributed by atoms with Crippen LogP contribution in [0.4, 0.5) is 4.39 Å². The van der Waals surface area contributed by atoms with Gasteiger partial charge in [0.1, 0.15) is 5.82 Å². The zero-order valence-corrected chi connectivity index (χ0v) is 12.3. The van der Waals surface area contributed by atoms with Crippen LogP contribution in [0.5, 0.6) is 11.5 Å². The van der Waals surface area contributed by atoms with Crippen molar-refractivity contribution < 1.29 is 23.4 Å². The molecule has 0 amide bonds. The molecule has 5 heteroatoms. The van der Waals surface area contributed by atoms with Crippen molar-refractivity contribution in [1.29, 1.82) is 0 Å². The van der Waals surface area contributed by atoms with E-state index < -0.39 is 17.9 Å². The summed E-state index contributed by atoms with van der Waals surface area (Å²) in [6.45, 7) is 0. The standard InChI is InChI=1S/C17H15FO4/c1-20-14-7-10-8-16(19)22-17(12(10)9-15(14)21-2)11-5-3-4-6-13(11)18/h3-7,9,17H,8H2,1-2H3/t17-/m0/s1. The number of ether oxygens (including phenoxy) is 3. The number of fused-ring (bicyclic) bond motifs is 1. The second-order valence-corrected chi connectivity index (χ2v) is 4.97. The normalized spacial score (nSPS) is 16.7. The summed E-state index contributed by atoms with van der Waals surface area (Å²) < 4.78 is 30.0. The maximum absolute atomic E-state index is 14.1. The fourth-order valence-electron chi connectivity index (χ4n) is 2.64. The Morgan fingerprint density at radius 3 is 2.45 bits per heavy atom. The van der Waals surface area contributed by atoms with Gasteiger partial charge < -0.3 is 14.2 Å². The lowest BCUT2D eigenvalue weighted by molar-refractivity contribution is -0.148. The smallest absolute Gasteiger partial charge is 0.311 e. The number of methoxy groups -OCH3 is 2. The molecule has 0 saturated heterocycles. The van der Waals surface area contributed by atoms with E-state index in [1.165, 1.54) is 20.3 Å². The predicted molar refractivity (Wildman–Crippen MR) is 77.6 cm³/mol. The highest BCUT2D eigenvalue weighted by molar-refractivity contribution is 5.77. The van der Waals surface area contributed by atoms with Crippen LogP contribution in [0, 0.1) is 5.82 Å². The van der Waals surface area contributed by atoms with E-state index in [0.29, 0.717) is 22.6 Å². The Hall–Kier alpha value is -2.56. The number of carbonyl (C=O) groups excluding carboxylic acids is 1. The lowest BCUT2D eigenvalue weighted by atomic mass is 9.92. The Bertz CT molecular complexity index is 727. The van der Waals surface area contributed by atoms with Gasteiger partial charge in [-0.3, -0.25) is 4.79 Å². The number of rotatable bonds is 3. The third-order valence-corrected chi connectivity index (χ3v) is 3.70. The van der Waals surface area contributed by atoms with Gasteiger partial charge in [-0.1, -0.05) is 18.2 Å². The van der Waals surface area contributed by atoms with Crippen molar-refractivity contribution in [2.45, 2.75) is 12.5 Å². The summed E-state index contributed by atoms with van der Waals surface area (Å²) in [7, 11) is 3.05. The molecule has 0 N–H and O–H groups in total. The fraction of sp³-hybridized carbons (Fsp3) is 0.235. The minimum Gasteiger partial charge on any atom is -0.493 e. The van der Waals surface area contributed by atoms with Crippen molar-refractivity contribution in [1.82, 2.24) is 0 Å². The molecule has 3 rings (SSSR count). The molecule has 1 heterocycles. The van der Waals surface area contributed by atoms with Gasteiger partial charge in [0.05, 0.1) is 20.6 Å². The maximum Gasteiger partial charge on any atom is 0.311 e. The molecule has 0 spiro atoms. The Balaban J connectivity index is 2.16. The molecule has 0 aromatic heterocycles. The average Bonchev–Trinajstić information content (AvgIpc) is 2.53. The van der Waals surface area contributed by atoms with Crippen LogP contribution in [0.3, 0.4) is 0 Å². The van der Waals surface area contributed by atoms with Gasteiger partial charge >= 0.3 is 5.97 Å². The van der Waals surface area contributed by atoms with Crippen LogP contribution >= 0.6 is 0 Å². The first kappa shape index (κ1) is 14.4. The maximum atomic E-state index is 14.1. The summed E-state index contributed by atoms with van der Waals surface area (Å²) in [5.41, 5.74) is 1.79. The lowest BCUT2D eigenvalue weighted by Crippen LogP contribution is -2.23. The first-order chi connectivity index (χ1) is 10.6. The van der Waals surface area contributed by atoms with Gasteiger partial charge in [0.15, 0.2) is 17.6 Å². The molecule has 1 atom stereocenters. The summed E-state index contributed by atoms with van der Waals surface area (Å²) >= 11 is 0. The third kappa shape index (κ3) is 2.39. The van der Waals surface area contributed by atoms with Crippen LogP contribution in [0.1, 0.15) is 22.8 Å². The Morgan fingerprint density at radius 2 is 1.77 bits per heavy atom. The molecule has 22 heavy (non-hydrogen) atoms. The summed E-state index contributed by atoms with van der Waals surface area (Å²) in [4.78, 5) is 11.9. The van der Waals surface area contributed by atoms with E-state index in [4.69, 9.17) is 14.2 Å². The van der Waals surface area contributed by atoms with Gasteiger partial charge in [0.2, 0.25) is 0 Å². The van der Waals surface area contributed by atoms with Crippen molar-refractivity contribution in [3.8, 4) is 11.5 Å². The largest absolute Gasteiger partial charge is 0.493 e. The molecular weight excluding hydrogens is 287 g/mol. The van der Waals surface area contributed by atoms with Crippen LogP contribution in [-0.2, 0) is 16.0 Å². The van der Waals surface area contributed by atoms with Gasteiger partial charge in [-0.15, -0.1) is 0 Å². The first-order valence-corrected chi connectivity index (χ1v) is 6.82. The Morgan fingerprint density at radius 1 is 1.09 bits per heavy atom. The van der Waals surface area contributed by atoms with Crippen LogP contribution in [0.25, 0.3) is 0 Å². The molecular formula is C17H15FO4. The van der Waals surface area contributed by atoms with E-state index >= 15 is 0 Å². The Kier molecular flexibility index (Phi) is 3.71. The zero-order chi connectivity index (χ0) is 15.7. The molecule has 0 aliphatic carbocycles. The lowest BCUT2D eigenvalue weighted by Gasteiger charge is -2.27. The molecule has 0 saturated carbocycles. The van der Waals surface area contributed by atoms with E-state index in [0.717, 1.165) is 5.56 Å². The molecule has 1 aliphatic rings. The molecule has 114 valence electrons. The summed E-state index contributed by atoms with van der Waals surface area (Å²) in [5, 5.41) is 0. The van der Waals surface area contributed by atoms with Gasteiger partial charge in [0, 0.05) is 11.1 Å². The van der Waals surface area contributed by atoms with Crippen LogP contribution in [0.2, 0.25) is 0 Å². The minimum atomic E-state index is -0.780. The molecule has 1 aliphatic heterocycles. The molecule has 2 aromatic carbocycles. The second kappa shape index (κ2) is 5.67. The summed E-state index contributed by atoms with van der Waals surface area (Å²) in [6.07, 6.45) is -0.655. The van der Waals surface area contributed by atoms with E-state index in [-0.39, 0.29) is 6.42 Å². The number of benzene rings is 2. The number of hydrogen-bond acceptors (Lipinski definition) is 4. The van der Waals surface area contributed by atoms with Crippen molar-refractivity contribution in [2.75, 3.05) is 14.2 Å². The molecule has 0 radical (unpaired) electrons. The number of halogens is 1. The van der Waals surface area contributed by atoms with E-state index in [1.54, 1.807) is 30.3 Å². The minimum absolute atomic E-state index is 0.126. The summed E-state index contributed by atoms with van der Waals surface area (Å²) in [5.74, 6) is 0.236. The highest BCUT2D eigenvalue weighted by Crippen LogP contribution is 2.40. The van der Waals surface area contributed by atoms with Gasteiger partial charge in [-0.25, -0.2) is 4.39 Å². The number of cyclic esters (lactones) is 1. The second-order valence-electron chi connectivity index (χ2n) is 4.97. The number of esters is 1. The first-order valence-electron chi connectivity index (χ1n) is 6.82. The molecule has 2 aromatic rings. The van der Waals surface area contributed by atoms with Crippen molar-refractivity contribution in [3.63, 3.8) is 0 Å². The number of carbonyl (C=O) groups is 1. The van der Waals surface area contributed by atoms with E-state index in [9.17, 15) is 9.18 Å². The molecule has 0 fully saturated rings. The Labute approximate surface area is 127 Å². The third-order valence-electron chi connectivity index (χ3n) is 3.70.